The van der Waals surface area contributed by atoms with E-state index in [9.17, 15) is 4.79 Å². The second kappa shape index (κ2) is 6.15. The van der Waals surface area contributed by atoms with Crippen molar-refractivity contribution in [3.63, 3.8) is 0 Å². The largest absolute Gasteiger partial charge is 0.354 e. The van der Waals surface area contributed by atoms with Crippen LogP contribution in [0.5, 0.6) is 0 Å². The van der Waals surface area contributed by atoms with E-state index >= 15 is 0 Å². The third-order valence-corrected chi connectivity index (χ3v) is 2.83. The Hall–Kier alpha value is -2.14. The van der Waals surface area contributed by atoms with Gasteiger partial charge in [-0.15, -0.1) is 0 Å². The van der Waals surface area contributed by atoms with Crippen LogP contribution in [0.4, 0.5) is 0 Å². The van der Waals surface area contributed by atoms with Crippen molar-refractivity contribution >= 4 is 5.91 Å². The summed E-state index contributed by atoms with van der Waals surface area (Å²) < 4.78 is 1.81. The average molecular weight is 258 g/mol. The van der Waals surface area contributed by atoms with Gasteiger partial charge >= 0.3 is 0 Å². The topological polar surface area (TPSA) is 72.9 Å². The molecule has 2 rings (SSSR count). The van der Waals surface area contributed by atoms with Crippen molar-refractivity contribution < 1.29 is 4.79 Å². The number of aromatic nitrogens is 2. The molecule has 1 aromatic carbocycles. The smallest absolute Gasteiger partial charge is 0.236 e. The fraction of sp³-hybridized carbons (Fsp3) is 0.286. The molecule has 0 saturated carbocycles. The predicted molar refractivity (Wildman–Crippen MR) is 73.9 cm³/mol. The third kappa shape index (κ3) is 3.66. The molecule has 5 nitrogen and oxygen atoms in total. The zero-order valence-corrected chi connectivity index (χ0v) is 10.9. The number of hydrogen-bond acceptors (Lipinski definition) is 3. The number of nitrogens with one attached hydrogen (secondary N) is 1. The molecule has 0 radical (unpaired) electrons. The van der Waals surface area contributed by atoms with Crippen molar-refractivity contribution in [3.05, 3.63) is 48.3 Å². The maximum absolute atomic E-state index is 11.3. The van der Waals surface area contributed by atoms with E-state index in [1.807, 2.05) is 41.2 Å². The second-order valence-electron chi connectivity index (χ2n) is 4.45. The quantitative estimate of drug-likeness (QED) is 0.836. The number of nitrogens with zero attached hydrogens (tertiary/aromatic N) is 2. The van der Waals surface area contributed by atoms with Gasteiger partial charge in [-0.1, -0.05) is 12.1 Å². The summed E-state index contributed by atoms with van der Waals surface area (Å²) in [5, 5.41) is 6.96. The summed E-state index contributed by atoms with van der Waals surface area (Å²) in [6, 6.07) is 9.52. The maximum Gasteiger partial charge on any atom is 0.236 e. The summed E-state index contributed by atoms with van der Waals surface area (Å²) in [6.45, 7) is 2.27. The molecular formula is C14H18N4O. The van der Waals surface area contributed by atoms with Crippen molar-refractivity contribution in [2.75, 3.05) is 6.54 Å². The molecule has 0 bridgehead atoms. The van der Waals surface area contributed by atoms with E-state index in [2.05, 4.69) is 10.4 Å². The van der Waals surface area contributed by atoms with Crippen LogP contribution in [0.2, 0.25) is 0 Å². The zero-order valence-electron chi connectivity index (χ0n) is 10.9. The van der Waals surface area contributed by atoms with Crippen LogP contribution in [0, 0.1) is 0 Å². The SMILES string of the molecule is C[C@@H](N)C(=O)NCCc1ccc(-n2cccn2)cc1. The van der Waals surface area contributed by atoms with Crippen LogP contribution in [0.25, 0.3) is 5.69 Å². The summed E-state index contributed by atoms with van der Waals surface area (Å²) in [5.74, 6) is -0.117. The van der Waals surface area contributed by atoms with Gasteiger partial charge in [-0.25, -0.2) is 4.68 Å². The number of amides is 1. The van der Waals surface area contributed by atoms with Crippen LogP contribution in [0.3, 0.4) is 0 Å². The van der Waals surface area contributed by atoms with Crippen LogP contribution >= 0.6 is 0 Å². The van der Waals surface area contributed by atoms with Crippen molar-refractivity contribution in [2.45, 2.75) is 19.4 Å². The lowest BCUT2D eigenvalue weighted by Gasteiger charge is -2.08. The van der Waals surface area contributed by atoms with E-state index in [0.29, 0.717) is 6.54 Å². The number of carbonyl (C=O) groups excluding carboxylic acids is 1. The molecule has 0 aliphatic rings. The fourth-order valence-corrected chi connectivity index (χ4v) is 1.73. The highest BCUT2D eigenvalue weighted by atomic mass is 16.2. The minimum atomic E-state index is -0.456. The van der Waals surface area contributed by atoms with E-state index in [-0.39, 0.29) is 5.91 Å². The van der Waals surface area contributed by atoms with Crippen molar-refractivity contribution in [3.8, 4) is 5.69 Å². The monoisotopic (exact) mass is 258 g/mol. The van der Waals surface area contributed by atoms with E-state index in [1.165, 1.54) is 5.56 Å². The molecule has 5 heteroatoms. The molecule has 19 heavy (non-hydrogen) atoms. The summed E-state index contributed by atoms with van der Waals surface area (Å²) in [4.78, 5) is 11.3. The molecule has 1 aromatic heterocycles. The molecule has 0 unspecified atom stereocenters. The van der Waals surface area contributed by atoms with E-state index in [1.54, 1.807) is 13.1 Å². The highest BCUT2D eigenvalue weighted by molar-refractivity contribution is 5.80. The standard InChI is InChI=1S/C14H18N4O/c1-11(15)14(19)16-9-7-12-3-5-13(6-4-12)18-10-2-8-17-18/h2-6,8,10-11H,7,9,15H2,1H3,(H,16,19)/t11-/m1/s1. The first kappa shape index (κ1) is 13.3. The zero-order chi connectivity index (χ0) is 13.7. The minimum Gasteiger partial charge on any atom is -0.354 e. The van der Waals surface area contributed by atoms with Crippen LogP contribution in [0.1, 0.15) is 12.5 Å². The van der Waals surface area contributed by atoms with Crippen LogP contribution in [-0.4, -0.2) is 28.3 Å². The Labute approximate surface area is 112 Å². The molecule has 0 saturated heterocycles. The molecule has 100 valence electrons. The number of rotatable bonds is 5. The highest BCUT2D eigenvalue weighted by Gasteiger charge is 2.05. The van der Waals surface area contributed by atoms with Gasteiger partial charge in [-0.3, -0.25) is 4.79 Å². The van der Waals surface area contributed by atoms with Gasteiger partial charge in [-0.2, -0.15) is 5.10 Å². The molecule has 1 amide bonds. The van der Waals surface area contributed by atoms with Gasteiger partial charge in [0.05, 0.1) is 11.7 Å². The van der Waals surface area contributed by atoms with Crippen LogP contribution in [-0.2, 0) is 11.2 Å². The second-order valence-corrected chi connectivity index (χ2v) is 4.45. The predicted octanol–water partition coefficient (Wildman–Crippen LogP) is 0.878. The summed E-state index contributed by atoms with van der Waals surface area (Å²) >= 11 is 0. The first-order valence-corrected chi connectivity index (χ1v) is 6.29. The number of hydrogen-bond donors (Lipinski definition) is 2. The van der Waals surface area contributed by atoms with Gasteiger partial charge in [-0.05, 0) is 37.1 Å². The molecule has 3 N–H and O–H groups in total. The van der Waals surface area contributed by atoms with Crippen molar-refractivity contribution in [1.82, 2.24) is 15.1 Å². The molecule has 0 aliphatic carbocycles. The molecule has 0 aliphatic heterocycles. The summed E-state index contributed by atoms with van der Waals surface area (Å²) in [5.41, 5.74) is 7.66. The summed E-state index contributed by atoms with van der Waals surface area (Å²) in [6.07, 6.45) is 4.44. The van der Waals surface area contributed by atoms with Crippen molar-refractivity contribution in [1.29, 1.82) is 0 Å². The van der Waals surface area contributed by atoms with Crippen LogP contribution < -0.4 is 11.1 Å². The minimum absolute atomic E-state index is 0.117. The molecule has 1 heterocycles. The van der Waals surface area contributed by atoms with Crippen molar-refractivity contribution in [2.24, 2.45) is 5.73 Å². The van der Waals surface area contributed by atoms with Gasteiger partial charge in [0.15, 0.2) is 0 Å². The Morgan fingerprint density at radius 2 is 2.16 bits per heavy atom. The third-order valence-electron chi connectivity index (χ3n) is 2.83. The first-order valence-electron chi connectivity index (χ1n) is 6.29. The Bertz CT molecular complexity index is 517. The highest BCUT2D eigenvalue weighted by Crippen LogP contribution is 2.08. The molecule has 0 spiro atoms. The van der Waals surface area contributed by atoms with Gasteiger partial charge in [0.2, 0.25) is 5.91 Å². The lowest BCUT2D eigenvalue weighted by atomic mass is 10.1. The lowest BCUT2D eigenvalue weighted by Crippen LogP contribution is -2.39. The Morgan fingerprint density at radius 1 is 1.42 bits per heavy atom. The maximum atomic E-state index is 11.3. The number of benzene rings is 1. The number of carbonyl (C=O) groups is 1. The van der Waals surface area contributed by atoms with E-state index in [0.717, 1.165) is 12.1 Å². The summed E-state index contributed by atoms with van der Waals surface area (Å²) in [7, 11) is 0. The molecule has 1 atom stereocenters. The Balaban J connectivity index is 1.87. The van der Waals surface area contributed by atoms with E-state index in [4.69, 9.17) is 5.73 Å². The fourth-order valence-electron chi connectivity index (χ4n) is 1.73. The van der Waals surface area contributed by atoms with Gasteiger partial charge in [0.25, 0.3) is 0 Å². The van der Waals surface area contributed by atoms with Gasteiger partial charge in [0, 0.05) is 18.9 Å². The van der Waals surface area contributed by atoms with E-state index < -0.39 is 6.04 Å². The molecule has 0 fully saturated rings. The lowest BCUT2D eigenvalue weighted by molar-refractivity contribution is -0.121. The first-order chi connectivity index (χ1) is 9.16. The molecular weight excluding hydrogens is 240 g/mol. The molecule has 2 aromatic rings. The Morgan fingerprint density at radius 3 is 2.74 bits per heavy atom. The van der Waals surface area contributed by atoms with Gasteiger partial charge < -0.3 is 11.1 Å². The Kier molecular flexibility index (Phi) is 4.30. The van der Waals surface area contributed by atoms with Crippen LogP contribution in [0.15, 0.2) is 42.7 Å². The normalized spacial score (nSPS) is 12.1. The van der Waals surface area contributed by atoms with Gasteiger partial charge in [0.1, 0.15) is 0 Å². The number of nitrogens with two attached hydrogens (primary N) is 1. The average Bonchev–Trinajstić information content (AvgIpc) is 2.93.